The van der Waals surface area contributed by atoms with Crippen LogP contribution >= 0.6 is 0 Å². The monoisotopic (exact) mass is 568 g/mol. The van der Waals surface area contributed by atoms with E-state index in [1.165, 1.54) is 24.3 Å². The Hall–Kier alpha value is -4.40. The van der Waals surface area contributed by atoms with Crippen LogP contribution in [0.15, 0.2) is 24.3 Å². The largest absolute Gasteiger partial charge is 0.476 e. The number of benzene rings is 1. The van der Waals surface area contributed by atoms with Gasteiger partial charge in [-0.2, -0.15) is 0 Å². The van der Waals surface area contributed by atoms with Crippen LogP contribution in [0.25, 0.3) is 0 Å². The zero-order valence-electron chi connectivity index (χ0n) is 22.5. The lowest BCUT2D eigenvalue weighted by Gasteiger charge is -2.48. The lowest BCUT2D eigenvalue weighted by Crippen LogP contribution is -2.70. The third-order valence-electron chi connectivity index (χ3n) is 5.49. The molecule has 15 nitrogen and oxygen atoms in total. The van der Waals surface area contributed by atoms with Crippen LogP contribution in [0.5, 0.6) is 5.75 Å². The molecule has 1 aliphatic heterocycles. The highest BCUT2D eigenvalue weighted by atomic mass is 16.7. The Kier molecular flexibility index (Phi) is 10.8. The van der Waals surface area contributed by atoms with Crippen LogP contribution < -0.4 is 15.8 Å². The lowest BCUT2D eigenvalue weighted by molar-refractivity contribution is -0.288. The Bertz CT molecular complexity index is 1120. The molecule has 1 heterocycles. The van der Waals surface area contributed by atoms with Crippen molar-refractivity contribution in [3.8, 4) is 5.75 Å². The van der Waals surface area contributed by atoms with Crippen LogP contribution in [0.2, 0.25) is 0 Å². The lowest BCUT2D eigenvalue weighted by atomic mass is 9.88. The Labute approximate surface area is 229 Å². The van der Waals surface area contributed by atoms with Crippen LogP contribution in [0.3, 0.4) is 0 Å². The first-order valence-corrected chi connectivity index (χ1v) is 12.0. The molecule has 6 atom stereocenters. The molecule has 4 N–H and O–H groups in total. The smallest absolute Gasteiger partial charge is 0.377 e. The molecule has 1 aromatic carbocycles. The highest BCUT2D eigenvalue weighted by Gasteiger charge is 2.59. The Morgan fingerprint density at radius 1 is 0.975 bits per heavy atom. The minimum atomic E-state index is -2.59. The first-order chi connectivity index (χ1) is 18.6. The van der Waals surface area contributed by atoms with E-state index in [0.717, 1.165) is 34.6 Å². The number of carboxylic acids is 1. The van der Waals surface area contributed by atoms with E-state index >= 15 is 0 Å². The molecule has 15 heteroatoms. The fourth-order valence-corrected chi connectivity index (χ4v) is 4.08. The predicted octanol–water partition coefficient (Wildman–Crippen LogP) is 0.0803. The number of rotatable bonds is 11. The summed E-state index contributed by atoms with van der Waals surface area (Å²) in [5.74, 6) is -8.32. The van der Waals surface area contributed by atoms with Crippen molar-refractivity contribution in [3.63, 3.8) is 0 Å². The number of aliphatic carboxylic acids is 1. The van der Waals surface area contributed by atoms with Crippen molar-refractivity contribution in [2.75, 3.05) is 12.3 Å². The predicted molar refractivity (Wildman–Crippen MR) is 132 cm³/mol. The van der Waals surface area contributed by atoms with E-state index in [0.29, 0.717) is 5.69 Å². The van der Waals surface area contributed by atoms with Gasteiger partial charge in [0.05, 0.1) is 12.5 Å². The fourth-order valence-electron chi connectivity index (χ4n) is 4.08. The minimum absolute atomic E-state index is 0.00427. The van der Waals surface area contributed by atoms with Gasteiger partial charge in [-0.3, -0.25) is 24.0 Å². The van der Waals surface area contributed by atoms with E-state index in [-0.39, 0.29) is 5.75 Å². The normalized spacial score (nSPS) is 23.5. The molecule has 1 fully saturated rings. The maximum Gasteiger partial charge on any atom is 0.377 e. The standard InChI is InChI=1S/C25H32N2O13/c1-12(28)27-21-19(36-14(3)30)10-25(24(33)34,39-18-8-6-17(26)7-9-18)40-23(21)22(38-16(5)32)20(37-15(4)31)11-35-13(2)29/h6-9,19-23H,10-11,26H2,1-5H3,(H,27,28)(H,33,34)/t19-,20+,21+,22+,23+,25+/m0/s1. The van der Waals surface area contributed by atoms with Gasteiger partial charge in [0.2, 0.25) is 5.91 Å². The number of nitrogens with two attached hydrogens (primary N) is 1. The van der Waals surface area contributed by atoms with Crippen molar-refractivity contribution < 1.29 is 62.3 Å². The summed E-state index contributed by atoms with van der Waals surface area (Å²) in [4.78, 5) is 72.6. The number of carboxylic acid groups (broad SMARTS) is 1. The first-order valence-electron chi connectivity index (χ1n) is 12.0. The minimum Gasteiger partial charge on any atom is -0.476 e. The number of nitrogens with one attached hydrogen (secondary N) is 1. The first kappa shape index (κ1) is 31.8. The third-order valence-corrected chi connectivity index (χ3v) is 5.49. The van der Waals surface area contributed by atoms with Crippen molar-refractivity contribution in [1.29, 1.82) is 0 Å². The summed E-state index contributed by atoms with van der Waals surface area (Å²) in [5, 5.41) is 12.8. The zero-order chi connectivity index (χ0) is 30.2. The van der Waals surface area contributed by atoms with Crippen LogP contribution in [0.4, 0.5) is 5.69 Å². The van der Waals surface area contributed by atoms with Gasteiger partial charge < -0.3 is 44.6 Å². The van der Waals surface area contributed by atoms with E-state index in [1.807, 2.05) is 0 Å². The van der Waals surface area contributed by atoms with E-state index < -0.39 is 85.0 Å². The quantitative estimate of drug-likeness (QED) is 0.183. The summed E-state index contributed by atoms with van der Waals surface area (Å²) in [6.45, 7) is 4.68. The topological polar surface area (TPSA) is 216 Å². The van der Waals surface area contributed by atoms with E-state index in [4.69, 9.17) is 34.2 Å². The number of carbonyl (C=O) groups excluding carboxylic acids is 5. The summed E-state index contributed by atoms with van der Waals surface area (Å²) in [5.41, 5.74) is 6.05. The molecule has 0 saturated carbocycles. The van der Waals surface area contributed by atoms with Crippen molar-refractivity contribution in [2.24, 2.45) is 0 Å². The zero-order valence-corrected chi connectivity index (χ0v) is 22.5. The molecule has 1 saturated heterocycles. The van der Waals surface area contributed by atoms with Gasteiger partial charge in [0.25, 0.3) is 0 Å². The Balaban J connectivity index is 2.73. The Morgan fingerprint density at radius 3 is 2.05 bits per heavy atom. The number of ether oxygens (including phenoxy) is 6. The van der Waals surface area contributed by atoms with Gasteiger partial charge in [-0.25, -0.2) is 4.79 Å². The molecule has 40 heavy (non-hydrogen) atoms. The average molecular weight is 569 g/mol. The van der Waals surface area contributed by atoms with Crippen LogP contribution in [0.1, 0.15) is 41.0 Å². The Morgan fingerprint density at radius 2 is 1.57 bits per heavy atom. The molecule has 0 unspecified atom stereocenters. The van der Waals surface area contributed by atoms with Crippen molar-refractivity contribution >= 4 is 41.4 Å². The van der Waals surface area contributed by atoms with Crippen LogP contribution in [-0.4, -0.2) is 83.7 Å². The molecule has 0 radical (unpaired) electrons. The van der Waals surface area contributed by atoms with Gasteiger partial charge in [0, 0.05) is 40.3 Å². The molecule has 1 amide bonds. The second-order valence-electron chi connectivity index (χ2n) is 8.91. The number of hydrogen-bond donors (Lipinski definition) is 3. The molecule has 1 aliphatic rings. The second-order valence-corrected chi connectivity index (χ2v) is 8.91. The summed E-state index contributed by atoms with van der Waals surface area (Å²) >= 11 is 0. The number of hydrogen-bond acceptors (Lipinski definition) is 13. The third kappa shape index (κ3) is 8.83. The van der Waals surface area contributed by atoms with Crippen molar-refractivity contribution in [2.45, 2.75) is 77.3 Å². The van der Waals surface area contributed by atoms with Gasteiger partial charge in [0.15, 0.2) is 12.2 Å². The van der Waals surface area contributed by atoms with Gasteiger partial charge in [-0.05, 0) is 24.3 Å². The van der Waals surface area contributed by atoms with Gasteiger partial charge in [-0.1, -0.05) is 0 Å². The fraction of sp³-hybridized carbons (Fsp3) is 0.520. The molecule has 2 rings (SSSR count). The van der Waals surface area contributed by atoms with Crippen molar-refractivity contribution in [3.05, 3.63) is 24.3 Å². The highest BCUT2D eigenvalue weighted by molar-refractivity contribution is 5.77. The maximum absolute atomic E-state index is 12.7. The van der Waals surface area contributed by atoms with E-state index in [1.54, 1.807) is 0 Å². The number of esters is 4. The summed E-state index contributed by atoms with van der Waals surface area (Å²) in [6, 6.07) is 4.25. The van der Waals surface area contributed by atoms with Gasteiger partial charge >= 0.3 is 35.6 Å². The van der Waals surface area contributed by atoms with Crippen LogP contribution in [0, 0.1) is 0 Å². The number of nitrogen functional groups attached to an aromatic ring is 1. The maximum atomic E-state index is 12.7. The van der Waals surface area contributed by atoms with Crippen molar-refractivity contribution in [1.82, 2.24) is 5.32 Å². The van der Waals surface area contributed by atoms with E-state index in [9.17, 15) is 33.9 Å². The van der Waals surface area contributed by atoms with Gasteiger partial charge in [-0.15, -0.1) is 0 Å². The highest BCUT2D eigenvalue weighted by Crippen LogP contribution is 2.37. The number of anilines is 1. The SMILES string of the molecule is CC(=O)N[C@H]1[C@H]([C@H](OC(C)=O)[C@@H](COC(C)=O)OC(C)=O)O[C@@](Oc2ccc(N)cc2)(C(=O)O)C[C@@H]1OC(C)=O. The number of amides is 1. The molecule has 1 aromatic rings. The molecule has 0 aliphatic carbocycles. The summed E-state index contributed by atoms with van der Waals surface area (Å²) in [7, 11) is 0. The van der Waals surface area contributed by atoms with Crippen LogP contribution in [-0.2, 0) is 52.5 Å². The molecule has 0 aromatic heterocycles. The average Bonchev–Trinajstić information content (AvgIpc) is 2.82. The molecular formula is C25H32N2O13. The molecule has 0 bridgehead atoms. The summed E-state index contributed by atoms with van der Waals surface area (Å²) in [6.07, 6.45) is -7.01. The molecular weight excluding hydrogens is 536 g/mol. The van der Waals surface area contributed by atoms with Gasteiger partial charge in [0.1, 0.15) is 24.6 Å². The molecule has 220 valence electrons. The second kappa shape index (κ2) is 13.6. The summed E-state index contributed by atoms with van der Waals surface area (Å²) < 4.78 is 32.7. The van der Waals surface area contributed by atoms with E-state index in [2.05, 4.69) is 5.32 Å². The number of carbonyl (C=O) groups is 6. The molecule has 0 spiro atoms.